The highest BCUT2D eigenvalue weighted by Crippen LogP contribution is 2.33. The van der Waals surface area contributed by atoms with Crippen molar-refractivity contribution in [3.05, 3.63) is 27.8 Å². The van der Waals surface area contributed by atoms with Gasteiger partial charge in [-0.25, -0.2) is 0 Å². The third-order valence-corrected chi connectivity index (χ3v) is 3.37. The SMILES string of the molecule is CCOc1c(C)c(C)c(C)c(C)c1CC(=O)O. The quantitative estimate of drug-likeness (QED) is 0.874. The smallest absolute Gasteiger partial charge is 0.307 e. The van der Waals surface area contributed by atoms with Gasteiger partial charge in [-0.3, -0.25) is 4.79 Å². The molecule has 94 valence electrons. The minimum absolute atomic E-state index is 0.0170. The summed E-state index contributed by atoms with van der Waals surface area (Å²) in [5.41, 5.74) is 5.22. The molecule has 1 aromatic carbocycles. The van der Waals surface area contributed by atoms with Gasteiger partial charge < -0.3 is 9.84 Å². The molecule has 1 N–H and O–H groups in total. The average Bonchev–Trinajstić information content (AvgIpc) is 2.28. The number of rotatable bonds is 4. The number of carboxylic acids is 1. The van der Waals surface area contributed by atoms with E-state index >= 15 is 0 Å². The number of ether oxygens (including phenoxy) is 1. The van der Waals surface area contributed by atoms with Crippen LogP contribution in [0, 0.1) is 27.7 Å². The van der Waals surface area contributed by atoms with Crippen LogP contribution in [-0.4, -0.2) is 17.7 Å². The van der Waals surface area contributed by atoms with E-state index in [2.05, 4.69) is 0 Å². The van der Waals surface area contributed by atoms with E-state index in [0.29, 0.717) is 6.61 Å². The molecule has 0 saturated heterocycles. The van der Waals surface area contributed by atoms with E-state index in [1.54, 1.807) is 0 Å². The lowest BCUT2D eigenvalue weighted by atomic mass is 9.91. The number of aliphatic carboxylic acids is 1. The fraction of sp³-hybridized carbons (Fsp3) is 0.500. The van der Waals surface area contributed by atoms with Crippen molar-refractivity contribution in [2.45, 2.75) is 41.0 Å². The van der Waals surface area contributed by atoms with Crippen LogP contribution in [0.3, 0.4) is 0 Å². The molecule has 0 aliphatic rings. The van der Waals surface area contributed by atoms with Crippen molar-refractivity contribution < 1.29 is 14.6 Å². The minimum atomic E-state index is -0.822. The largest absolute Gasteiger partial charge is 0.493 e. The Morgan fingerprint density at radius 3 is 2.06 bits per heavy atom. The maximum Gasteiger partial charge on any atom is 0.307 e. The Balaban J connectivity index is 3.47. The van der Waals surface area contributed by atoms with Crippen molar-refractivity contribution in [1.82, 2.24) is 0 Å². The van der Waals surface area contributed by atoms with Crippen LogP contribution in [0.1, 0.15) is 34.7 Å². The van der Waals surface area contributed by atoms with E-state index in [1.807, 2.05) is 34.6 Å². The molecule has 1 aromatic rings. The first kappa shape index (κ1) is 13.6. The molecule has 0 bridgehead atoms. The van der Waals surface area contributed by atoms with E-state index in [0.717, 1.165) is 28.0 Å². The van der Waals surface area contributed by atoms with E-state index in [-0.39, 0.29) is 6.42 Å². The lowest BCUT2D eigenvalue weighted by Gasteiger charge is -2.19. The summed E-state index contributed by atoms with van der Waals surface area (Å²) >= 11 is 0. The van der Waals surface area contributed by atoms with Crippen molar-refractivity contribution in [2.24, 2.45) is 0 Å². The number of hydrogen-bond acceptors (Lipinski definition) is 2. The summed E-state index contributed by atoms with van der Waals surface area (Å²) in [5.74, 6) is -0.0767. The average molecular weight is 236 g/mol. The van der Waals surface area contributed by atoms with Crippen molar-refractivity contribution in [2.75, 3.05) is 6.61 Å². The molecular formula is C14H20O3. The van der Waals surface area contributed by atoms with Crippen LogP contribution in [0.25, 0.3) is 0 Å². The summed E-state index contributed by atoms with van der Waals surface area (Å²) in [6, 6.07) is 0. The molecule has 0 aromatic heterocycles. The highest BCUT2D eigenvalue weighted by Gasteiger charge is 2.18. The zero-order chi connectivity index (χ0) is 13.2. The predicted molar refractivity (Wildman–Crippen MR) is 67.9 cm³/mol. The van der Waals surface area contributed by atoms with Gasteiger partial charge in [0, 0.05) is 5.56 Å². The van der Waals surface area contributed by atoms with Gasteiger partial charge in [0.15, 0.2) is 0 Å². The Morgan fingerprint density at radius 2 is 1.59 bits per heavy atom. The maximum atomic E-state index is 10.9. The molecule has 0 saturated carbocycles. The van der Waals surface area contributed by atoms with E-state index in [9.17, 15) is 4.79 Å². The van der Waals surface area contributed by atoms with Gasteiger partial charge >= 0.3 is 5.97 Å². The molecule has 0 spiro atoms. The summed E-state index contributed by atoms with van der Waals surface area (Å²) in [6.07, 6.45) is 0.0170. The summed E-state index contributed by atoms with van der Waals surface area (Å²) in [4.78, 5) is 10.9. The molecule has 3 heteroatoms. The van der Waals surface area contributed by atoms with Gasteiger partial charge in [0.2, 0.25) is 0 Å². The molecule has 0 heterocycles. The molecule has 0 aliphatic carbocycles. The molecule has 1 rings (SSSR count). The fourth-order valence-electron chi connectivity index (χ4n) is 2.06. The van der Waals surface area contributed by atoms with Gasteiger partial charge in [0.25, 0.3) is 0 Å². The standard InChI is InChI=1S/C14H20O3/c1-6-17-14-11(5)9(3)8(2)10(4)12(14)7-13(15)16/h6-7H2,1-5H3,(H,15,16). The second-order valence-corrected chi connectivity index (χ2v) is 4.31. The van der Waals surface area contributed by atoms with E-state index in [4.69, 9.17) is 9.84 Å². The molecule has 3 nitrogen and oxygen atoms in total. The molecule has 17 heavy (non-hydrogen) atoms. The zero-order valence-corrected chi connectivity index (χ0v) is 11.2. The Bertz CT molecular complexity index is 448. The summed E-state index contributed by atoms with van der Waals surface area (Å²) < 4.78 is 5.62. The Labute approximate surface area is 102 Å². The normalized spacial score (nSPS) is 10.4. The molecule has 0 radical (unpaired) electrons. The van der Waals surface area contributed by atoms with Crippen molar-refractivity contribution in [1.29, 1.82) is 0 Å². The second-order valence-electron chi connectivity index (χ2n) is 4.31. The highest BCUT2D eigenvalue weighted by atomic mass is 16.5. The zero-order valence-electron chi connectivity index (χ0n) is 11.2. The third kappa shape index (κ3) is 2.60. The monoisotopic (exact) mass is 236 g/mol. The fourth-order valence-corrected chi connectivity index (χ4v) is 2.06. The number of hydrogen-bond donors (Lipinski definition) is 1. The first-order valence-corrected chi connectivity index (χ1v) is 5.83. The van der Waals surface area contributed by atoms with Crippen LogP contribution in [0.15, 0.2) is 0 Å². The minimum Gasteiger partial charge on any atom is -0.493 e. The lowest BCUT2D eigenvalue weighted by molar-refractivity contribution is -0.136. The Morgan fingerprint density at radius 1 is 1.06 bits per heavy atom. The van der Waals surface area contributed by atoms with Gasteiger partial charge in [-0.1, -0.05) is 0 Å². The van der Waals surface area contributed by atoms with Crippen LogP contribution in [0.4, 0.5) is 0 Å². The van der Waals surface area contributed by atoms with Gasteiger partial charge in [0.05, 0.1) is 13.0 Å². The van der Waals surface area contributed by atoms with E-state index in [1.165, 1.54) is 5.56 Å². The summed E-state index contributed by atoms with van der Waals surface area (Å²) in [7, 11) is 0. The molecule has 0 aliphatic heterocycles. The maximum absolute atomic E-state index is 10.9. The van der Waals surface area contributed by atoms with Crippen LogP contribution in [0.5, 0.6) is 5.75 Å². The van der Waals surface area contributed by atoms with Gasteiger partial charge in [-0.05, 0) is 56.9 Å². The second kappa shape index (κ2) is 5.21. The predicted octanol–water partition coefficient (Wildman–Crippen LogP) is 2.95. The highest BCUT2D eigenvalue weighted by molar-refractivity contribution is 5.73. The lowest BCUT2D eigenvalue weighted by Crippen LogP contribution is -2.09. The third-order valence-electron chi connectivity index (χ3n) is 3.37. The van der Waals surface area contributed by atoms with Crippen LogP contribution in [-0.2, 0) is 11.2 Å². The van der Waals surface area contributed by atoms with Crippen LogP contribution < -0.4 is 4.74 Å². The molecule has 0 fully saturated rings. The Hall–Kier alpha value is -1.51. The summed E-state index contributed by atoms with van der Waals surface area (Å²) in [6.45, 7) is 10.5. The van der Waals surface area contributed by atoms with Crippen molar-refractivity contribution in [3.63, 3.8) is 0 Å². The van der Waals surface area contributed by atoms with Crippen LogP contribution in [0.2, 0.25) is 0 Å². The number of carboxylic acid groups (broad SMARTS) is 1. The molecule has 0 unspecified atom stereocenters. The number of carbonyl (C=O) groups is 1. The Kier molecular flexibility index (Phi) is 4.16. The van der Waals surface area contributed by atoms with Crippen molar-refractivity contribution in [3.8, 4) is 5.75 Å². The molecular weight excluding hydrogens is 216 g/mol. The first-order chi connectivity index (χ1) is 7.90. The van der Waals surface area contributed by atoms with Crippen molar-refractivity contribution >= 4 is 5.97 Å². The van der Waals surface area contributed by atoms with Gasteiger partial charge in [0.1, 0.15) is 5.75 Å². The van der Waals surface area contributed by atoms with E-state index < -0.39 is 5.97 Å². The van der Waals surface area contributed by atoms with Crippen LogP contribution >= 0.6 is 0 Å². The molecule has 0 atom stereocenters. The summed E-state index contributed by atoms with van der Waals surface area (Å²) in [5, 5.41) is 8.98. The van der Waals surface area contributed by atoms with Gasteiger partial charge in [-0.15, -0.1) is 0 Å². The van der Waals surface area contributed by atoms with Gasteiger partial charge in [-0.2, -0.15) is 0 Å². The first-order valence-electron chi connectivity index (χ1n) is 5.83. The molecule has 0 amide bonds. The number of benzene rings is 1. The topological polar surface area (TPSA) is 46.5 Å².